The average molecular weight is 256 g/mol. The molecular weight excluding hydrogens is 240 g/mol. The normalized spacial score (nSPS) is 21.8. The lowest BCUT2D eigenvalue weighted by molar-refractivity contribution is 0.00578. The van der Waals surface area contributed by atoms with Crippen LogP contribution in [0.1, 0.15) is 27.7 Å². The highest BCUT2D eigenvalue weighted by Crippen LogP contribution is 2.36. The summed E-state index contributed by atoms with van der Waals surface area (Å²) in [5.41, 5.74) is -0.162. The Bertz CT molecular complexity index is 434. The Kier molecular flexibility index (Phi) is 2.88. The maximum Gasteiger partial charge on any atom is 0.496 e. The van der Waals surface area contributed by atoms with Gasteiger partial charge in [0.15, 0.2) is 10.9 Å². The number of hydrogen-bond donors (Lipinski definition) is 1. The fraction of sp³-hybridized carbons (Fsp3) is 0.545. The van der Waals surface area contributed by atoms with Gasteiger partial charge in [-0.15, -0.1) is 0 Å². The van der Waals surface area contributed by atoms with Crippen molar-refractivity contribution in [3.63, 3.8) is 0 Å². The molecule has 0 radical (unpaired) electrons. The third-order valence-corrected chi connectivity index (χ3v) is 3.66. The lowest BCUT2D eigenvalue weighted by Gasteiger charge is -2.32. The third-order valence-electron chi connectivity index (χ3n) is 3.37. The van der Waals surface area contributed by atoms with Crippen molar-refractivity contribution in [2.75, 3.05) is 0 Å². The van der Waals surface area contributed by atoms with E-state index in [1.54, 1.807) is 6.20 Å². The van der Waals surface area contributed by atoms with Gasteiger partial charge >= 0.3 is 7.12 Å². The maximum atomic E-state index is 9.52. The summed E-state index contributed by atoms with van der Waals surface area (Å²) in [7, 11) is -0.532. The summed E-state index contributed by atoms with van der Waals surface area (Å²) < 4.78 is 11.7. The van der Waals surface area contributed by atoms with Gasteiger partial charge in [-0.2, -0.15) is 0 Å². The van der Waals surface area contributed by atoms with E-state index in [9.17, 15) is 5.11 Å². The zero-order chi connectivity index (χ0) is 12.8. The van der Waals surface area contributed by atoms with Crippen LogP contribution in [-0.2, 0) is 9.31 Å². The minimum absolute atomic E-state index is 0.0705. The van der Waals surface area contributed by atoms with Gasteiger partial charge in [-0.1, -0.05) is 11.6 Å². The van der Waals surface area contributed by atoms with E-state index < -0.39 is 18.3 Å². The number of aromatic nitrogens is 1. The van der Waals surface area contributed by atoms with E-state index in [4.69, 9.17) is 20.9 Å². The Morgan fingerprint density at radius 1 is 1.24 bits per heavy atom. The van der Waals surface area contributed by atoms with Gasteiger partial charge in [-0.05, 0) is 33.8 Å². The number of hydrogen-bond acceptors (Lipinski definition) is 4. The molecule has 2 heterocycles. The molecule has 1 saturated heterocycles. The number of pyridine rings is 1. The summed E-state index contributed by atoms with van der Waals surface area (Å²) in [5, 5.41) is 9.59. The quantitative estimate of drug-likeness (QED) is 0.613. The van der Waals surface area contributed by atoms with Gasteiger partial charge in [0.25, 0.3) is 0 Å². The summed E-state index contributed by atoms with van der Waals surface area (Å²) in [4.78, 5) is 3.87. The second kappa shape index (κ2) is 3.87. The monoisotopic (exact) mass is 255 g/mol. The zero-order valence-electron chi connectivity index (χ0n) is 10.3. The predicted octanol–water partition coefficient (Wildman–Crippen LogP) is 1.74. The van der Waals surface area contributed by atoms with E-state index >= 15 is 0 Å². The molecular formula is C11H15BClNO3. The summed E-state index contributed by atoms with van der Waals surface area (Å²) in [5.74, 6) is -0.0705. The molecule has 1 aromatic heterocycles. The van der Waals surface area contributed by atoms with Crippen molar-refractivity contribution in [2.24, 2.45) is 0 Å². The molecule has 0 spiro atoms. The van der Waals surface area contributed by atoms with Gasteiger partial charge in [0.2, 0.25) is 0 Å². The molecule has 0 saturated carbocycles. The first-order valence-corrected chi connectivity index (χ1v) is 5.81. The van der Waals surface area contributed by atoms with Crippen molar-refractivity contribution >= 4 is 24.2 Å². The van der Waals surface area contributed by atoms with Gasteiger partial charge in [0.1, 0.15) is 0 Å². The molecule has 0 bridgehead atoms. The Labute approximate surface area is 106 Å². The molecule has 0 unspecified atom stereocenters. The Morgan fingerprint density at radius 2 is 1.76 bits per heavy atom. The highest BCUT2D eigenvalue weighted by atomic mass is 35.5. The second-order valence-corrected chi connectivity index (χ2v) is 5.52. The molecule has 0 aromatic carbocycles. The predicted molar refractivity (Wildman–Crippen MR) is 66.6 cm³/mol. The van der Waals surface area contributed by atoms with Crippen LogP contribution in [0.25, 0.3) is 0 Å². The zero-order valence-corrected chi connectivity index (χ0v) is 11.1. The highest BCUT2D eigenvalue weighted by molar-refractivity contribution is 6.62. The molecule has 6 heteroatoms. The van der Waals surface area contributed by atoms with Crippen LogP contribution in [0.3, 0.4) is 0 Å². The van der Waals surface area contributed by atoms with E-state index in [0.29, 0.717) is 5.46 Å². The molecule has 0 amide bonds. The summed E-state index contributed by atoms with van der Waals surface area (Å²) in [6, 6.07) is 1.51. The standard InChI is InChI=1S/C11H15BClNO3/c1-10(2)11(3,4)17-12(16-10)7-5-8(15)9(13)14-6-7/h5-6,15H,1-4H3. The minimum atomic E-state index is -0.532. The van der Waals surface area contributed by atoms with Gasteiger partial charge < -0.3 is 14.4 Å². The van der Waals surface area contributed by atoms with Crippen molar-refractivity contribution in [2.45, 2.75) is 38.9 Å². The molecule has 92 valence electrons. The fourth-order valence-corrected chi connectivity index (χ4v) is 1.66. The van der Waals surface area contributed by atoms with Gasteiger partial charge in [0, 0.05) is 11.7 Å². The van der Waals surface area contributed by atoms with Crippen LogP contribution in [0.4, 0.5) is 0 Å². The second-order valence-electron chi connectivity index (χ2n) is 5.17. The summed E-state index contributed by atoms with van der Waals surface area (Å²) in [6.45, 7) is 7.87. The van der Waals surface area contributed by atoms with Crippen molar-refractivity contribution in [1.82, 2.24) is 4.98 Å². The van der Waals surface area contributed by atoms with Crippen LogP contribution >= 0.6 is 11.6 Å². The van der Waals surface area contributed by atoms with E-state index in [0.717, 1.165) is 0 Å². The van der Waals surface area contributed by atoms with Crippen LogP contribution < -0.4 is 5.46 Å². The lowest BCUT2D eigenvalue weighted by Crippen LogP contribution is -2.41. The molecule has 1 fully saturated rings. The van der Waals surface area contributed by atoms with Crippen molar-refractivity contribution in [3.8, 4) is 5.75 Å². The Morgan fingerprint density at radius 3 is 2.24 bits per heavy atom. The molecule has 17 heavy (non-hydrogen) atoms. The van der Waals surface area contributed by atoms with Crippen LogP contribution in [0.15, 0.2) is 12.3 Å². The molecule has 0 atom stereocenters. The smallest absolute Gasteiger partial charge is 0.496 e. The van der Waals surface area contributed by atoms with Crippen molar-refractivity contribution in [1.29, 1.82) is 0 Å². The largest absolute Gasteiger partial charge is 0.505 e. The lowest BCUT2D eigenvalue weighted by atomic mass is 9.80. The molecule has 0 aliphatic carbocycles. The maximum absolute atomic E-state index is 9.52. The Balaban J connectivity index is 2.29. The third kappa shape index (κ3) is 2.15. The summed E-state index contributed by atoms with van der Waals surface area (Å²) in [6.07, 6.45) is 1.55. The van der Waals surface area contributed by atoms with Crippen molar-refractivity contribution < 1.29 is 14.4 Å². The number of halogens is 1. The Hall–Kier alpha value is -0.775. The molecule has 1 aliphatic rings. The van der Waals surface area contributed by atoms with Crippen LogP contribution in [0, 0.1) is 0 Å². The van der Waals surface area contributed by atoms with Crippen molar-refractivity contribution in [3.05, 3.63) is 17.4 Å². The van der Waals surface area contributed by atoms with E-state index in [-0.39, 0.29) is 10.9 Å². The molecule has 2 rings (SSSR count). The number of aromatic hydroxyl groups is 1. The molecule has 1 aromatic rings. The molecule has 1 aliphatic heterocycles. The number of nitrogens with zero attached hydrogens (tertiary/aromatic N) is 1. The average Bonchev–Trinajstić information content (AvgIpc) is 2.41. The first kappa shape index (κ1) is 12.7. The van der Waals surface area contributed by atoms with E-state index in [2.05, 4.69) is 4.98 Å². The first-order chi connectivity index (χ1) is 7.73. The van der Waals surface area contributed by atoms with Crippen LogP contribution in [0.5, 0.6) is 5.75 Å². The summed E-state index contributed by atoms with van der Waals surface area (Å²) >= 11 is 5.66. The number of rotatable bonds is 1. The minimum Gasteiger partial charge on any atom is -0.505 e. The molecule has 4 nitrogen and oxygen atoms in total. The molecule has 1 N–H and O–H groups in total. The topological polar surface area (TPSA) is 51.6 Å². The van der Waals surface area contributed by atoms with Crippen LogP contribution in [-0.4, -0.2) is 28.4 Å². The first-order valence-electron chi connectivity index (χ1n) is 5.43. The van der Waals surface area contributed by atoms with Crippen LogP contribution in [0.2, 0.25) is 5.15 Å². The van der Waals surface area contributed by atoms with Gasteiger partial charge in [0.05, 0.1) is 11.2 Å². The van der Waals surface area contributed by atoms with E-state index in [1.807, 2.05) is 27.7 Å². The highest BCUT2D eigenvalue weighted by Gasteiger charge is 2.51. The fourth-order valence-electron chi connectivity index (χ4n) is 1.56. The van der Waals surface area contributed by atoms with Gasteiger partial charge in [-0.3, -0.25) is 0 Å². The SMILES string of the molecule is CC1(C)OB(c2cnc(Cl)c(O)c2)OC1(C)C. The van der Waals surface area contributed by atoms with Gasteiger partial charge in [-0.25, -0.2) is 4.98 Å². The van der Waals surface area contributed by atoms with E-state index in [1.165, 1.54) is 6.07 Å².